The highest BCUT2D eigenvalue weighted by molar-refractivity contribution is 5.90. The van der Waals surface area contributed by atoms with E-state index >= 15 is 0 Å². The lowest BCUT2D eigenvalue weighted by molar-refractivity contribution is -0.137. The molecule has 1 saturated heterocycles. The molecule has 25 heavy (non-hydrogen) atoms. The lowest BCUT2D eigenvalue weighted by Gasteiger charge is -2.19. The zero-order valence-electron chi connectivity index (χ0n) is 14.7. The van der Waals surface area contributed by atoms with Gasteiger partial charge in [0.1, 0.15) is 0 Å². The van der Waals surface area contributed by atoms with Crippen LogP contribution in [0.15, 0.2) is 53.8 Å². The Morgan fingerprint density at radius 1 is 1.56 bits per heavy atom. The van der Waals surface area contributed by atoms with Gasteiger partial charge in [-0.25, -0.2) is 5.01 Å². The average Bonchev–Trinajstić information content (AvgIpc) is 2.87. The largest absolute Gasteiger partial charge is 0.369 e. The van der Waals surface area contributed by atoms with E-state index in [4.69, 9.17) is 0 Å². The first-order chi connectivity index (χ1) is 11.9. The summed E-state index contributed by atoms with van der Waals surface area (Å²) < 4.78 is 0. The third kappa shape index (κ3) is 4.17. The number of nitrogens with zero attached hydrogens (tertiary/aromatic N) is 3. The van der Waals surface area contributed by atoms with Gasteiger partial charge in [0.2, 0.25) is 5.60 Å². The van der Waals surface area contributed by atoms with Gasteiger partial charge in [0.25, 0.3) is 5.91 Å². The summed E-state index contributed by atoms with van der Waals surface area (Å²) in [5.74, 6) is 5.25. The van der Waals surface area contributed by atoms with Gasteiger partial charge < -0.3 is 10.0 Å². The van der Waals surface area contributed by atoms with Crippen LogP contribution in [0.5, 0.6) is 0 Å². The molecule has 5 nitrogen and oxygen atoms in total. The smallest absolute Gasteiger partial charge is 0.267 e. The van der Waals surface area contributed by atoms with Crippen LogP contribution in [0.4, 0.5) is 5.69 Å². The number of likely N-dealkylation sites (tertiary alicyclic amines) is 1. The minimum absolute atomic E-state index is 0.313. The number of allylic oxidation sites excluding steroid dienone is 2. The Morgan fingerprint density at radius 2 is 2.32 bits per heavy atom. The summed E-state index contributed by atoms with van der Waals surface area (Å²) in [6, 6.07) is 7.34. The van der Waals surface area contributed by atoms with E-state index in [1.807, 2.05) is 43.3 Å². The maximum absolute atomic E-state index is 12.0. The molecule has 0 saturated carbocycles. The normalized spacial score (nSPS) is 19.6. The van der Waals surface area contributed by atoms with Gasteiger partial charge in [-0.15, -0.1) is 0 Å². The van der Waals surface area contributed by atoms with Crippen LogP contribution in [0.1, 0.15) is 25.3 Å². The first kappa shape index (κ1) is 18.5. The van der Waals surface area contributed by atoms with Crippen molar-refractivity contribution in [2.24, 2.45) is 5.10 Å². The number of carbonyl (C=O) groups excluding carboxylic acids is 1. The van der Waals surface area contributed by atoms with Crippen LogP contribution in [0, 0.1) is 11.8 Å². The quantitative estimate of drug-likeness (QED) is 0.389. The number of benzene rings is 1. The summed E-state index contributed by atoms with van der Waals surface area (Å²) in [6.45, 7) is 10.1. The zero-order chi connectivity index (χ0) is 18.4. The summed E-state index contributed by atoms with van der Waals surface area (Å²) >= 11 is 0. The number of hydrogen-bond acceptors (Lipinski definition) is 4. The molecule has 1 N–H and O–H groups in total. The van der Waals surface area contributed by atoms with Gasteiger partial charge in [-0.1, -0.05) is 37.5 Å². The summed E-state index contributed by atoms with van der Waals surface area (Å²) in [5, 5.41) is 16.0. The number of carbonyl (C=O) groups is 1. The van der Waals surface area contributed by atoms with E-state index in [9.17, 15) is 9.90 Å². The van der Waals surface area contributed by atoms with Crippen molar-refractivity contribution in [2.45, 2.75) is 25.4 Å². The Bertz CT molecular complexity index is 773. The Hall–Kier alpha value is -2.84. The summed E-state index contributed by atoms with van der Waals surface area (Å²) in [6.07, 6.45) is 5.08. The number of hydrogen-bond donors (Lipinski definition) is 1. The van der Waals surface area contributed by atoms with Crippen LogP contribution >= 0.6 is 0 Å². The van der Waals surface area contributed by atoms with Crippen molar-refractivity contribution >= 4 is 18.3 Å². The molecule has 0 bridgehead atoms. The van der Waals surface area contributed by atoms with E-state index in [0.717, 1.165) is 12.1 Å². The average molecular weight is 337 g/mol. The summed E-state index contributed by atoms with van der Waals surface area (Å²) in [5.41, 5.74) is 0.519. The molecule has 0 radical (unpaired) electrons. The van der Waals surface area contributed by atoms with Gasteiger partial charge >= 0.3 is 0 Å². The molecule has 1 atom stereocenters. The van der Waals surface area contributed by atoms with E-state index in [-0.39, 0.29) is 5.91 Å². The summed E-state index contributed by atoms with van der Waals surface area (Å²) in [7, 11) is 1.66. The number of hydrazone groups is 1. The van der Waals surface area contributed by atoms with Crippen molar-refractivity contribution in [3.63, 3.8) is 0 Å². The number of aliphatic hydroxyl groups is 1. The molecule has 130 valence electrons. The number of likely N-dealkylation sites (N-methyl/N-ethyl adjacent to an activating group) is 1. The fourth-order valence-corrected chi connectivity index (χ4v) is 2.52. The summed E-state index contributed by atoms with van der Waals surface area (Å²) in [4.78, 5) is 13.5. The van der Waals surface area contributed by atoms with E-state index in [2.05, 4.69) is 30.2 Å². The Labute approximate surface area is 148 Å². The van der Waals surface area contributed by atoms with Crippen LogP contribution in [0.3, 0.4) is 0 Å². The first-order valence-corrected chi connectivity index (χ1v) is 8.14. The molecule has 1 aliphatic heterocycles. The van der Waals surface area contributed by atoms with Crippen LogP contribution < -0.4 is 5.01 Å². The molecule has 0 aromatic heterocycles. The fraction of sp³-hybridized carbons (Fsp3) is 0.300. The minimum atomic E-state index is -1.60. The molecule has 0 spiro atoms. The van der Waals surface area contributed by atoms with E-state index in [0.29, 0.717) is 24.2 Å². The number of anilines is 1. The van der Waals surface area contributed by atoms with Gasteiger partial charge in [-0.3, -0.25) is 4.79 Å². The molecular formula is C20H23N3O2. The van der Waals surface area contributed by atoms with Gasteiger partial charge in [0.15, 0.2) is 0 Å². The van der Waals surface area contributed by atoms with Crippen molar-refractivity contribution in [3.8, 4) is 11.8 Å². The van der Waals surface area contributed by atoms with Gasteiger partial charge in [-0.05, 0) is 30.7 Å². The minimum Gasteiger partial charge on any atom is -0.369 e. The molecule has 1 heterocycles. The fourth-order valence-electron chi connectivity index (χ4n) is 2.52. The van der Waals surface area contributed by atoms with E-state index < -0.39 is 5.60 Å². The van der Waals surface area contributed by atoms with Gasteiger partial charge in [0.05, 0.1) is 11.4 Å². The van der Waals surface area contributed by atoms with Crippen molar-refractivity contribution in [2.75, 3.05) is 18.6 Å². The molecular weight excluding hydrogens is 314 g/mol. The molecule has 1 fully saturated rings. The van der Waals surface area contributed by atoms with Crippen LogP contribution in [-0.2, 0) is 4.79 Å². The van der Waals surface area contributed by atoms with Crippen molar-refractivity contribution < 1.29 is 9.90 Å². The maximum atomic E-state index is 12.0. The van der Waals surface area contributed by atoms with E-state index in [1.165, 1.54) is 4.90 Å². The highest BCUT2D eigenvalue weighted by Gasteiger charge is 2.42. The monoisotopic (exact) mass is 337 g/mol. The molecule has 5 heteroatoms. The number of amides is 1. The van der Waals surface area contributed by atoms with Gasteiger partial charge in [-0.2, -0.15) is 5.10 Å². The second kappa shape index (κ2) is 7.82. The SMILES string of the molecule is C=NN(C(=C)/C=C\CC)c1cccc(C#C[C@]2(O)CCN(C)C2=O)c1. The lowest BCUT2D eigenvalue weighted by atomic mass is 10.0. The predicted octanol–water partition coefficient (Wildman–Crippen LogP) is 2.53. The Kier molecular flexibility index (Phi) is 5.79. The topological polar surface area (TPSA) is 56.1 Å². The molecule has 1 aromatic carbocycles. The molecule has 0 aliphatic carbocycles. The zero-order valence-corrected chi connectivity index (χ0v) is 14.7. The molecule has 2 rings (SSSR count). The van der Waals surface area contributed by atoms with Crippen LogP contribution in [-0.4, -0.2) is 41.8 Å². The van der Waals surface area contributed by atoms with Crippen LogP contribution in [0.2, 0.25) is 0 Å². The van der Waals surface area contributed by atoms with Crippen molar-refractivity contribution in [1.29, 1.82) is 0 Å². The van der Waals surface area contributed by atoms with Gasteiger partial charge in [0, 0.05) is 32.3 Å². The first-order valence-electron chi connectivity index (χ1n) is 8.14. The van der Waals surface area contributed by atoms with Crippen molar-refractivity contribution in [3.05, 3.63) is 54.3 Å². The Morgan fingerprint density at radius 3 is 2.92 bits per heavy atom. The third-order valence-electron chi connectivity index (χ3n) is 3.97. The van der Waals surface area contributed by atoms with Crippen LogP contribution in [0.25, 0.3) is 0 Å². The predicted molar refractivity (Wildman–Crippen MR) is 101 cm³/mol. The molecule has 1 aliphatic rings. The lowest BCUT2D eigenvalue weighted by Crippen LogP contribution is -2.37. The second-order valence-corrected chi connectivity index (χ2v) is 5.89. The van der Waals surface area contributed by atoms with E-state index in [1.54, 1.807) is 12.1 Å². The highest BCUT2D eigenvalue weighted by atomic mass is 16.3. The molecule has 1 amide bonds. The molecule has 0 unspecified atom stereocenters. The standard InChI is InChI=1S/C20H23N3O2/c1-5-6-8-16(2)23(21-3)18-10-7-9-17(15-18)11-12-20(25)13-14-22(4)19(20)24/h6-10,15,25H,2-3,5,13-14H2,1,4H3/b8-6-/t20-/m0/s1. The highest BCUT2D eigenvalue weighted by Crippen LogP contribution is 2.23. The van der Waals surface area contributed by atoms with Crippen molar-refractivity contribution in [1.82, 2.24) is 4.90 Å². The third-order valence-corrected chi connectivity index (χ3v) is 3.97. The molecule has 1 aromatic rings. The maximum Gasteiger partial charge on any atom is 0.267 e. The second-order valence-electron chi connectivity index (χ2n) is 5.89. The number of rotatable bonds is 5. The Balaban J connectivity index is 2.26.